The third-order valence-electron chi connectivity index (χ3n) is 5.41. The maximum Gasteiger partial charge on any atom is 0.311 e. The van der Waals surface area contributed by atoms with E-state index in [1.165, 1.54) is 0 Å². The molecule has 1 fully saturated rings. The van der Waals surface area contributed by atoms with Gasteiger partial charge in [0.1, 0.15) is 0 Å². The molecule has 3 rings (SSSR count). The number of para-hydroxylation sites is 1. The van der Waals surface area contributed by atoms with Gasteiger partial charge in [-0.15, -0.1) is 0 Å². The van der Waals surface area contributed by atoms with Crippen LogP contribution in [0.5, 0.6) is 0 Å². The SMILES string of the molecule is CCc1ccccc1N1C[C@H](C(=O)OCC(=O)Nc2c(C)cc(C)cc2C)CC1=O. The molecule has 158 valence electrons. The molecule has 0 radical (unpaired) electrons. The van der Waals surface area contributed by atoms with Crippen molar-refractivity contribution < 1.29 is 19.1 Å². The first-order chi connectivity index (χ1) is 14.3. The Kier molecular flexibility index (Phi) is 6.55. The average Bonchev–Trinajstić information content (AvgIpc) is 3.10. The van der Waals surface area contributed by atoms with Crippen molar-refractivity contribution in [1.82, 2.24) is 0 Å². The lowest BCUT2D eigenvalue weighted by Gasteiger charge is -2.19. The number of hydrogen-bond donors (Lipinski definition) is 1. The van der Waals surface area contributed by atoms with E-state index >= 15 is 0 Å². The highest BCUT2D eigenvalue weighted by Gasteiger charge is 2.37. The Labute approximate surface area is 177 Å². The number of carbonyl (C=O) groups excluding carboxylic acids is 3. The monoisotopic (exact) mass is 408 g/mol. The summed E-state index contributed by atoms with van der Waals surface area (Å²) in [7, 11) is 0. The van der Waals surface area contributed by atoms with Crippen LogP contribution in [-0.4, -0.2) is 30.9 Å². The minimum Gasteiger partial charge on any atom is -0.455 e. The van der Waals surface area contributed by atoms with Crippen LogP contribution >= 0.6 is 0 Å². The summed E-state index contributed by atoms with van der Waals surface area (Å²) in [6, 6.07) is 11.7. The van der Waals surface area contributed by atoms with Crippen LogP contribution < -0.4 is 10.2 Å². The van der Waals surface area contributed by atoms with E-state index in [4.69, 9.17) is 4.74 Å². The quantitative estimate of drug-likeness (QED) is 0.740. The second kappa shape index (κ2) is 9.11. The zero-order valence-electron chi connectivity index (χ0n) is 18.0. The smallest absolute Gasteiger partial charge is 0.311 e. The number of benzene rings is 2. The fourth-order valence-electron chi connectivity index (χ4n) is 3.98. The molecule has 1 aliphatic heterocycles. The van der Waals surface area contributed by atoms with E-state index in [1.807, 2.05) is 64.1 Å². The van der Waals surface area contributed by atoms with Gasteiger partial charge in [-0.1, -0.05) is 42.8 Å². The largest absolute Gasteiger partial charge is 0.455 e. The van der Waals surface area contributed by atoms with E-state index in [-0.39, 0.29) is 25.5 Å². The molecule has 1 saturated heterocycles. The third kappa shape index (κ3) is 4.70. The summed E-state index contributed by atoms with van der Waals surface area (Å²) in [4.78, 5) is 38.9. The Hall–Kier alpha value is -3.15. The maximum absolute atomic E-state index is 12.5. The topological polar surface area (TPSA) is 75.7 Å². The third-order valence-corrected chi connectivity index (χ3v) is 5.41. The number of carbonyl (C=O) groups is 3. The Morgan fingerprint density at radius 2 is 1.80 bits per heavy atom. The standard InChI is InChI=1S/C24H28N2O4/c1-5-18-8-6-7-9-20(18)26-13-19(12-22(26)28)24(29)30-14-21(27)25-23-16(3)10-15(2)11-17(23)4/h6-11,19H,5,12-14H2,1-4H3,(H,25,27)/t19-/m1/s1. The van der Waals surface area contributed by atoms with Crippen molar-refractivity contribution in [2.24, 2.45) is 5.92 Å². The number of anilines is 2. The van der Waals surface area contributed by atoms with E-state index in [2.05, 4.69) is 5.32 Å². The van der Waals surface area contributed by atoms with Crippen LogP contribution in [0.1, 0.15) is 35.6 Å². The Morgan fingerprint density at radius 3 is 2.47 bits per heavy atom. The van der Waals surface area contributed by atoms with Crippen molar-refractivity contribution in [2.45, 2.75) is 40.5 Å². The van der Waals surface area contributed by atoms with E-state index in [1.54, 1.807) is 4.90 Å². The molecule has 0 spiro atoms. The van der Waals surface area contributed by atoms with Gasteiger partial charge >= 0.3 is 5.97 Å². The molecule has 0 aromatic heterocycles. The van der Waals surface area contributed by atoms with E-state index in [0.29, 0.717) is 0 Å². The van der Waals surface area contributed by atoms with E-state index in [0.717, 1.165) is 40.0 Å². The fourth-order valence-corrected chi connectivity index (χ4v) is 3.98. The van der Waals surface area contributed by atoms with Crippen molar-refractivity contribution >= 4 is 29.2 Å². The van der Waals surface area contributed by atoms with Crippen molar-refractivity contribution in [1.29, 1.82) is 0 Å². The molecule has 2 aromatic carbocycles. The Balaban J connectivity index is 1.58. The van der Waals surface area contributed by atoms with E-state index < -0.39 is 17.8 Å². The molecule has 1 aliphatic rings. The van der Waals surface area contributed by atoms with Gasteiger partial charge in [-0.05, 0) is 49.9 Å². The molecule has 0 aliphatic carbocycles. The number of nitrogens with zero attached hydrogens (tertiary/aromatic N) is 1. The van der Waals surface area contributed by atoms with Crippen LogP contribution in [-0.2, 0) is 25.5 Å². The first-order valence-electron chi connectivity index (χ1n) is 10.2. The zero-order valence-corrected chi connectivity index (χ0v) is 18.0. The maximum atomic E-state index is 12.5. The highest BCUT2D eigenvalue weighted by molar-refractivity contribution is 6.00. The number of amides is 2. The number of rotatable bonds is 6. The molecule has 0 saturated carbocycles. The van der Waals surface area contributed by atoms with E-state index in [9.17, 15) is 14.4 Å². The molecule has 1 heterocycles. The van der Waals surface area contributed by atoms with Crippen LogP contribution in [0.2, 0.25) is 0 Å². The molecule has 0 unspecified atom stereocenters. The Morgan fingerprint density at radius 1 is 1.13 bits per heavy atom. The summed E-state index contributed by atoms with van der Waals surface area (Å²) >= 11 is 0. The lowest BCUT2D eigenvalue weighted by atomic mass is 10.1. The summed E-state index contributed by atoms with van der Waals surface area (Å²) in [5.41, 5.74) is 5.67. The minimum atomic E-state index is -0.571. The van der Waals surface area contributed by atoms with Gasteiger partial charge in [0.05, 0.1) is 5.92 Å². The van der Waals surface area contributed by atoms with Crippen molar-refractivity contribution in [3.63, 3.8) is 0 Å². The molecule has 1 atom stereocenters. The molecule has 1 N–H and O–H groups in total. The fraction of sp³-hybridized carbons (Fsp3) is 0.375. The lowest BCUT2D eigenvalue weighted by Crippen LogP contribution is -2.28. The summed E-state index contributed by atoms with van der Waals surface area (Å²) < 4.78 is 5.22. The number of nitrogens with one attached hydrogen (secondary N) is 1. The Bertz CT molecular complexity index is 960. The van der Waals surface area contributed by atoms with Gasteiger partial charge in [0.15, 0.2) is 6.61 Å². The minimum absolute atomic E-state index is 0.0919. The molecular formula is C24H28N2O4. The van der Waals surface area contributed by atoms with Crippen molar-refractivity contribution in [3.05, 3.63) is 58.7 Å². The van der Waals surface area contributed by atoms with Crippen LogP contribution in [0.3, 0.4) is 0 Å². The van der Waals surface area contributed by atoms with Gasteiger partial charge in [0.2, 0.25) is 5.91 Å². The molecule has 30 heavy (non-hydrogen) atoms. The van der Waals surface area contributed by atoms with Crippen LogP contribution in [0.25, 0.3) is 0 Å². The highest BCUT2D eigenvalue weighted by atomic mass is 16.5. The van der Waals surface area contributed by atoms with Gasteiger partial charge in [0.25, 0.3) is 5.91 Å². The number of aryl methyl sites for hydroxylation is 4. The first-order valence-corrected chi connectivity index (χ1v) is 10.2. The molecule has 6 nitrogen and oxygen atoms in total. The van der Waals surface area contributed by atoms with Gasteiger partial charge < -0.3 is 15.0 Å². The van der Waals surface area contributed by atoms with Crippen LogP contribution in [0.4, 0.5) is 11.4 Å². The second-order valence-electron chi connectivity index (χ2n) is 7.82. The van der Waals surface area contributed by atoms with Crippen LogP contribution in [0.15, 0.2) is 36.4 Å². The molecular weight excluding hydrogens is 380 g/mol. The lowest BCUT2D eigenvalue weighted by molar-refractivity contribution is -0.151. The van der Waals surface area contributed by atoms with Gasteiger partial charge in [0, 0.05) is 24.3 Å². The highest BCUT2D eigenvalue weighted by Crippen LogP contribution is 2.29. The number of hydrogen-bond acceptors (Lipinski definition) is 4. The first kappa shape index (κ1) is 21.6. The van der Waals surface area contributed by atoms with Crippen LogP contribution in [0, 0.1) is 26.7 Å². The number of ether oxygens (including phenoxy) is 1. The summed E-state index contributed by atoms with van der Waals surface area (Å²) in [6.07, 6.45) is 0.891. The van der Waals surface area contributed by atoms with Crippen molar-refractivity contribution in [2.75, 3.05) is 23.4 Å². The average molecular weight is 408 g/mol. The summed E-state index contributed by atoms with van der Waals surface area (Å²) in [5.74, 6) is -1.59. The predicted molar refractivity (Wildman–Crippen MR) is 117 cm³/mol. The molecule has 0 bridgehead atoms. The summed E-state index contributed by atoms with van der Waals surface area (Å²) in [5, 5.41) is 2.82. The van der Waals surface area contributed by atoms with Gasteiger partial charge in [-0.2, -0.15) is 0 Å². The molecule has 2 aromatic rings. The normalized spacial score (nSPS) is 15.9. The molecule has 6 heteroatoms. The predicted octanol–water partition coefficient (Wildman–Crippen LogP) is 3.71. The molecule has 2 amide bonds. The van der Waals surface area contributed by atoms with Gasteiger partial charge in [-0.3, -0.25) is 14.4 Å². The zero-order chi connectivity index (χ0) is 21.8. The summed E-state index contributed by atoms with van der Waals surface area (Å²) in [6.45, 7) is 7.77. The van der Waals surface area contributed by atoms with Crippen molar-refractivity contribution in [3.8, 4) is 0 Å². The number of esters is 1. The second-order valence-corrected chi connectivity index (χ2v) is 7.82. The van der Waals surface area contributed by atoms with Gasteiger partial charge in [-0.25, -0.2) is 0 Å².